The number of carbonyl (C=O) groups is 1. The molecule has 2 N–H and O–H groups in total. The van der Waals surface area contributed by atoms with Gasteiger partial charge in [-0.25, -0.2) is 4.98 Å². The van der Waals surface area contributed by atoms with E-state index >= 15 is 0 Å². The molecular formula is C22H31BN4OS. The number of fused-ring (bicyclic) bond motifs is 1. The fourth-order valence-corrected chi connectivity index (χ4v) is 5.01. The Kier molecular flexibility index (Phi) is 6.65. The highest BCUT2D eigenvalue weighted by Gasteiger charge is 2.36. The third-order valence-corrected chi connectivity index (χ3v) is 6.81. The lowest BCUT2D eigenvalue weighted by Crippen LogP contribution is -2.50. The highest BCUT2D eigenvalue weighted by atomic mass is 32.1. The Hall–Kier alpha value is -1.73. The maximum Gasteiger partial charge on any atom is 0.241 e. The standard InChI is InChI=1S/C22H31BN4OS/c24-18(15-29)22(28)27-12-11-26-14-20(23-17-9-5-2-6-10-17)25-21(26)19(27)13-16-7-3-1-4-8-16/h2,5-6,9-10,14,16,18-19,23,29H,1,3-4,7-8,11-13,15,24H2/t18-,19+/m0/s1. The molecule has 0 radical (unpaired) electrons. The minimum Gasteiger partial charge on any atom is -0.332 e. The molecule has 1 aromatic carbocycles. The number of nitrogens with two attached hydrogens (primary N) is 1. The number of hydrogen-bond acceptors (Lipinski definition) is 4. The molecule has 0 unspecified atom stereocenters. The van der Waals surface area contributed by atoms with Crippen LogP contribution in [0, 0.1) is 5.92 Å². The van der Waals surface area contributed by atoms with E-state index in [1.807, 2.05) is 11.0 Å². The van der Waals surface area contributed by atoms with Gasteiger partial charge in [-0.3, -0.25) is 4.79 Å². The molecule has 2 aliphatic rings. The Morgan fingerprint density at radius 3 is 2.69 bits per heavy atom. The average Bonchev–Trinajstić information content (AvgIpc) is 3.17. The molecule has 0 spiro atoms. The lowest BCUT2D eigenvalue weighted by atomic mass is 9.67. The van der Waals surface area contributed by atoms with E-state index in [0.717, 1.165) is 31.7 Å². The number of nitrogens with zero attached hydrogens (tertiary/aromatic N) is 3. The van der Waals surface area contributed by atoms with Crippen molar-refractivity contribution in [2.75, 3.05) is 12.3 Å². The third kappa shape index (κ3) is 4.72. The monoisotopic (exact) mass is 410 g/mol. The molecule has 2 atom stereocenters. The maximum atomic E-state index is 13.0. The smallest absolute Gasteiger partial charge is 0.241 e. The normalized spacial score (nSPS) is 20.9. The highest BCUT2D eigenvalue weighted by Crippen LogP contribution is 2.36. The van der Waals surface area contributed by atoms with Crippen LogP contribution in [0.1, 0.15) is 50.4 Å². The van der Waals surface area contributed by atoms with Crippen LogP contribution in [-0.4, -0.2) is 46.0 Å². The summed E-state index contributed by atoms with van der Waals surface area (Å²) in [6.45, 7) is 1.48. The van der Waals surface area contributed by atoms with E-state index in [-0.39, 0.29) is 11.9 Å². The Morgan fingerprint density at radius 2 is 1.97 bits per heavy atom. The van der Waals surface area contributed by atoms with Crippen molar-refractivity contribution >= 4 is 36.9 Å². The van der Waals surface area contributed by atoms with Gasteiger partial charge in [0.15, 0.2) is 0 Å². The van der Waals surface area contributed by atoms with Crippen LogP contribution in [0.2, 0.25) is 0 Å². The molecule has 1 aliphatic heterocycles. The van der Waals surface area contributed by atoms with Crippen molar-refractivity contribution in [2.24, 2.45) is 11.7 Å². The first-order valence-electron chi connectivity index (χ1n) is 10.9. The van der Waals surface area contributed by atoms with Crippen molar-refractivity contribution in [3.8, 4) is 0 Å². The van der Waals surface area contributed by atoms with Gasteiger partial charge >= 0.3 is 0 Å². The minimum absolute atomic E-state index is 0.0136. The van der Waals surface area contributed by atoms with Gasteiger partial charge in [-0.05, 0) is 12.3 Å². The number of imidazole rings is 1. The molecule has 1 amide bonds. The zero-order valence-electron chi connectivity index (χ0n) is 17.0. The van der Waals surface area contributed by atoms with Crippen molar-refractivity contribution < 1.29 is 4.79 Å². The molecule has 4 rings (SSSR count). The van der Waals surface area contributed by atoms with Crippen LogP contribution in [-0.2, 0) is 11.3 Å². The summed E-state index contributed by atoms with van der Waals surface area (Å²) in [6.07, 6.45) is 9.63. The van der Waals surface area contributed by atoms with E-state index in [0.29, 0.717) is 18.2 Å². The van der Waals surface area contributed by atoms with Crippen molar-refractivity contribution in [1.29, 1.82) is 0 Å². The molecule has 1 aromatic heterocycles. The minimum atomic E-state index is -0.544. The van der Waals surface area contributed by atoms with Crippen molar-refractivity contribution in [3.05, 3.63) is 42.4 Å². The summed E-state index contributed by atoms with van der Waals surface area (Å²) in [7, 11) is 0.821. The van der Waals surface area contributed by atoms with Gasteiger partial charge in [0, 0.05) is 30.6 Å². The Labute approximate surface area is 179 Å². The Morgan fingerprint density at radius 1 is 1.21 bits per heavy atom. The van der Waals surface area contributed by atoms with E-state index in [1.165, 1.54) is 37.6 Å². The number of hydrogen-bond donors (Lipinski definition) is 2. The topological polar surface area (TPSA) is 64.2 Å². The molecule has 0 bridgehead atoms. The third-order valence-electron chi connectivity index (χ3n) is 6.42. The van der Waals surface area contributed by atoms with Crippen LogP contribution in [0.5, 0.6) is 0 Å². The van der Waals surface area contributed by atoms with Crippen LogP contribution in [0.3, 0.4) is 0 Å². The molecule has 1 saturated carbocycles. The Balaban J connectivity index is 1.60. The average molecular weight is 410 g/mol. The van der Waals surface area contributed by atoms with Gasteiger partial charge in [-0.2, -0.15) is 12.6 Å². The van der Waals surface area contributed by atoms with Gasteiger partial charge < -0.3 is 15.2 Å². The van der Waals surface area contributed by atoms with Gasteiger partial charge in [-0.1, -0.05) is 67.9 Å². The maximum absolute atomic E-state index is 13.0. The van der Waals surface area contributed by atoms with E-state index in [1.54, 1.807) is 0 Å². The van der Waals surface area contributed by atoms with E-state index in [9.17, 15) is 4.79 Å². The van der Waals surface area contributed by atoms with Crippen molar-refractivity contribution in [3.63, 3.8) is 0 Å². The second-order valence-corrected chi connectivity index (χ2v) is 8.89. The predicted octanol–water partition coefficient (Wildman–Crippen LogP) is 1.38. The lowest BCUT2D eigenvalue weighted by molar-refractivity contribution is -0.136. The quantitative estimate of drug-likeness (QED) is 0.559. The largest absolute Gasteiger partial charge is 0.332 e. The number of benzene rings is 1. The first kappa shape index (κ1) is 20.5. The number of amides is 1. The molecule has 5 nitrogen and oxygen atoms in total. The van der Waals surface area contributed by atoms with Gasteiger partial charge in [0.05, 0.1) is 12.1 Å². The van der Waals surface area contributed by atoms with Crippen molar-refractivity contribution in [1.82, 2.24) is 14.5 Å². The summed E-state index contributed by atoms with van der Waals surface area (Å²) in [6, 6.07) is 9.93. The second-order valence-electron chi connectivity index (χ2n) is 8.52. The van der Waals surface area contributed by atoms with Crippen LogP contribution in [0.25, 0.3) is 0 Å². The van der Waals surface area contributed by atoms with E-state index in [4.69, 9.17) is 10.7 Å². The number of carbonyl (C=O) groups excluding carboxylic acids is 1. The molecule has 2 aromatic rings. The predicted molar refractivity (Wildman–Crippen MR) is 123 cm³/mol. The first-order valence-corrected chi connectivity index (χ1v) is 11.6. The summed E-state index contributed by atoms with van der Waals surface area (Å²) in [5.41, 5.74) is 8.41. The van der Waals surface area contributed by atoms with Gasteiger partial charge in [-0.15, -0.1) is 0 Å². The zero-order chi connectivity index (χ0) is 20.2. The molecule has 0 saturated heterocycles. The Bertz CT molecular complexity index is 821. The van der Waals surface area contributed by atoms with Crippen molar-refractivity contribution in [2.45, 2.75) is 57.2 Å². The van der Waals surface area contributed by atoms with Crippen LogP contribution < -0.4 is 16.8 Å². The number of thiol groups is 1. The molecule has 7 heteroatoms. The molecule has 29 heavy (non-hydrogen) atoms. The van der Waals surface area contributed by atoms with Crippen LogP contribution in [0.15, 0.2) is 36.5 Å². The van der Waals surface area contributed by atoms with Gasteiger partial charge in [0.2, 0.25) is 13.2 Å². The molecule has 1 fully saturated rings. The molecular weight excluding hydrogens is 379 g/mol. The summed E-state index contributed by atoms with van der Waals surface area (Å²) in [4.78, 5) is 20.0. The summed E-state index contributed by atoms with van der Waals surface area (Å²) < 4.78 is 2.27. The fourth-order valence-electron chi connectivity index (χ4n) is 4.86. The van der Waals surface area contributed by atoms with Gasteiger partial charge in [0.25, 0.3) is 0 Å². The zero-order valence-corrected chi connectivity index (χ0v) is 17.9. The highest BCUT2D eigenvalue weighted by molar-refractivity contribution is 7.80. The molecule has 2 heterocycles. The first-order chi connectivity index (χ1) is 14.2. The number of rotatable bonds is 6. The number of aromatic nitrogens is 2. The fraction of sp³-hybridized carbons (Fsp3) is 0.545. The van der Waals surface area contributed by atoms with Crippen LogP contribution >= 0.6 is 12.6 Å². The SMILES string of the molecule is N[C@@H](CS)C(=O)N1CCn2cc(Bc3ccccc3)nc2[C@H]1CC1CCCCC1. The van der Waals surface area contributed by atoms with E-state index < -0.39 is 6.04 Å². The lowest BCUT2D eigenvalue weighted by Gasteiger charge is -2.39. The van der Waals surface area contributed by atoms with E-state index in [2.05, 4.69) is 47.7 Å². The summed E-state index contributed by atoms with van der Waals surface area (Å²) in [5, 5.41) is 0. The second kappa shape index (κ2) is 9.39. The van der Waals surface area contributed by atoms with Gasteiger partial charge in [0.1, 0.15) is 5.82 Å². The summed E-state index contributed by atoms with van der Waals surface area (Å²) in [5.74, 6) is 2.09. The molecule has 1 aliphatic carbocycles. The van der Waals surface area contributed by atoms with Crippen LogP contribution in [0.4, 0.5) is 0 Å². The summed E-state index contributed by atoms with van der Waals surface area (Å²) >= 11 is 4.26. The molecule has 154 valence electrons.